The molecule has 4 heteroatoms. The first-order valence-corrected chi connectivity index (χ1v) is 13.2. The molecule has 4 saturated carbocycles. The van der Waals surface area contributed by atoms with Crippen LogP contribution in [0.5, 0.6) is 0 Å². The summed E-state index contributed by atoms with van der Waals surface area (Å²) >= 11 is 0. The lowest BCUT2D eigenvalue weighted by molar-refractivity contribution is -0.272. The Balaban J connectivity index is 1.30. The highest BCUT2D eigenvalue weighted by Gasteiger charge is 2.71. The van der Waals surface area contributed by atoms with Crippen molar-refractivity contribution >= 4 is 5.78 Å². The molecule has 6 fully saturated rings. The van der Waals surface area contributed by atoms with Crippen molar-refractivity contribution in [2.24, 2.45) is 52.3 Å². The number of carbonyl (C=O) groups excluding carboxylic acids is 1. The molecule has 0 amide bonds. The lowest BCUT2D eigenvalue weighted by Crippen LogP contribution is -2.58. The van der Waals surface area contributed by atoms with E-state index in [4.69, 9.17) is 9.47 Å². The second-order valence-corrected chi connectivity index (χ2v) is 13.0. The summed E-state index contributed by atoms with van der Waals surface area (Å²) in [6.07, 6.45) is 9.39. The largest absolute Gasteiger partial charge is 0.393 e. The van der Waals surface area contributed by atoms with Crippen LogP contribution in [0.25, 0.3) is 0 Å². The molecular formula is C27H42O4. The molecule has 0 aromatic heterocycles. The first-order valence-electron chi connectivity index (χ1n) is 13.2. The Hall–Kier alpha value is -0.450. The Labute approximate surface area is 187 Å². The number of fused-ring (bicyclic) bond motifs is 7. The zero-order valence-corrected chi connectivity index (χ0v) is 19.9. The minimum Gasteiger partial charge on any atom is -0.393 e. The number of Topliss-reactive ketones (excluding diaryl/α,β-unsaturated/α-hetero) is 1. The highest BCUT2D eigenvalue weighted by atomic mass is 16.7. The van der Waals surface area contributed by atoms with Gasteiger partial charge in [0.2, 0.25) is 0 Å². The minimum atomic E-state index is -0.448. The van der Waals surface area contributed by atoms with Gasteiger partial charge in [0, 0.05) is 30.1 Å². The predicted molar refractivity (Wildman–Crippen MR) is 118 cm³/mol. The van der Waals surface area contributed by atoms with Crippen LogP contribution in [0, 0.1) is 52.3 Å². The zero-order valence-electron chi connectivity index (χ0n) is 19.9. The lowest BCUT2D eigenvalue weighted by Gasteiger charge is -2.60. The van der Waals surface area contributed by atoms with Gasteiger partial charge in [0.1, 0.15) is 5.78 Å². The fourth-order valence-electron chi connectivity index (χ4n) is 9.93. The van der Waals surface area contributed by atoms with Gasteiger partial charge in [0.25, 0.3) is 0 Å². The molecule has 1 spiro atoms. The van der Waals surface area contributed by atoms with E-state index in [0.717, 1.165) is 51.6 Å². The zero-order chi connectivity index (χ0) is 21.8. The molecule has 31 heavy (non-hydrogen) atoms. The summed E-state index contributed by atoms with van der Waals surface area (Å²) < 4.78 is 13.2. The van der Waals surface area contributed by atoms with Crippen LogP contribution >= 0.6 is 0 Å². The number of ether oxygens (including phenoxy) is 2. The second kappa shape index (κ2) is 6.79. The highest BCUT2D eigenvalue weighted by molar-refractivity contribution is 5.87. The number of rotatable bonds is 0. The van der Waals surface area contributed by atoms with Crippen molar-refractivity contribution in [2.45, 2.75) is 103 Å². The van der Waals surface area contributed by atoms with Gasteiger partial charge in [-0.3, -0.25) is 4.79 Å². The van der Waals surface area contributed by atoms with Crippen LogP contribution in [0.4, 0.5) is 0 Å². The normalized spacial score (nSPS) is 60.9. The maximum Gasteiger partial charge on any atom is 0.171 e. The summed E-state index contributed by atoms with van der Waals surface area (Å²) in [5.41, 5.74) is -0.0221. The topological polar surface area (TPSA) is 55.8 Å². The van der Waals surface area contributed by atoms with Crippen LogP contribution in [-0.2, 0) is 14.3 Å². The standard InChI is InChI=1S/C27H42O4/c1-15-7-10-27(30-14-15)16(2)24-22(31-27)12-21-19-6-5-17-11-18(28)8-9-25(17,3)20(19)13-23(29)26(21,24)4/h15-22,24,28H,5-14H2,1-4H3/t15?,16?,17-,18?,19?,20?,21?,22?,24?,25?,26?,27+/m0/s1. The third kappa shape index (κ3) is 2.68. The number of hydrogen-bond donors (Lipinski definition) is 1. The van der Waals surface area contributed by atoms with Gasteiger partial charge in [-0.1, -0.05) is 27.7 Å². The van der Waals surface area contributed by atoms with E-state index >= 15 is 0 Å². The van der Waals surface area contributed by atoms with Gasteiger partial charge in [-0.05, 0) is 80.0 Å². The van der Waals surface area contributed by atoms with Crippen LogP contribution in [0.3, 0.4) is 0 Å². The van der Waals surface area contributed by atoms with E-state index < -0.39 is 5.79 Å². The number of aliphatic hydroxyl groups excluding tert-OH is 1. The minimum absolute atomic E-state index is 0.131. The van der Waals surface area contributed by atoms with E-state index in [1.807, 2.05) is 0 Å². The van der Waals surface area contributed by atoms with Crippen LogP contribution in [0.15, 0.2) is 0 Å². The molecule has 2 aliphatic heterocycles. The van der Waals surface area contributed by atoms with Crippen molar-refractivity contribution in [3.8, 4) is 0 Å². The fourth-order valence-corrected chi connectivity index (χ4v) is 9.93. The van der Waals surface area contributed by atoms with Crippen molar-refractivity contribution in [2.75, 3.05) is 6.61 Å². The Morgan fingerprint density at radius 3 is 2.55 bits per heavy atom. The average molecular weight is 431 g/mol. The van der Waals surface area contributed by atoms with Crippen LogP contribution in [0.1, 0.15) is 85.5 Å². The van der Waals surface area contributed by atoms with E-state index in [-0.39, 0.29) is 29.0 Å². The number of aliphatic hydroxyl groups is 1. The fraction of sp³-hybridized carbons (Fsp3) is 0.963. The van der Waals surface area contributed by atoms with Gasteiger partial charge in [-0.25, -0.2) is 0 Å². The van der Waals surface area contributed by atoms with Gasteiger partial charge >= 0.3 is 0 Å². The van der Waals surface area contributed by atoms with E-state index in [1.165, 1.54) is 12.8 Å². The predicted octanol–water partition coefficient (Wildman–Crippen LogP) is 4.97. The summed E-state index contributed by atoms with van der Waals surface area (Å²) in [5.74, 6) is 3.45. The first kappa shape index (κ1) is 21.1. The number of hydrogen-bond acceptors (Lipinski definition) is 4. The third-order valence-corrected chi connectivity index (χ3v) is 11.8. The van der Waals surface area contributed by atoms with E-state index in [9.17, 15) is 9.90 Å². The molecule has 6 rings (SSSR count). The van der Waals surface area contributed by atoms with E-state index in [1.54, 1.807) is 0 Å². The molecule has 4 aliphatic carbocycles. The van der Waals surface area contributed by atoms with Gasteiger partial charge in [-0.15, -0.1) is 0 Å². The molecule has 4 nitrogen and oxygen atoms in total. The van der Waals surface area contributed by atoms with E-state index in [0.29, 0.717) is 41.3 Å². The van der Waals surface area contributed by atoms with Crippen molar-refractivity contribution in [3.05, 3.63) is 0 Å². The van der Waals surface area contributed by atoms with Crippen LogP contribution < -0.4 is 0 Å². The summed E-state index contributed by atoms with van der Waals surface area (Å²) in [7, 11) is 0. The van der Waals surface area contributed by atoms with Crippen molar-refractivity contribution in [1.29, 1.82) is 0 Å². The molecule has 1 N–H and O–H groups in total. The van der Waals surface area contributed by atoms with Gasteiger partial charge < -0.3 is 14.6 Å². The maximum absolute atomic E-state index is 14.0. The average Bonchev–Trinajstić information content (AvgIpc) is 3.18. The van der Waals surface area contributed by atoms with Crippen LogP contribution in [-0.4, -0.2) is 35.5 Å². The molecule has 10 unspecified atom stereocenters. The maximum atomic E-state index is 14.0. The Kier molecular flexibility index (Phi) is 4.62. The van der Waals surface area contributed by atoms with Crippen molar-refractivity contribution in [1.82, 2.24) is 0 Å². The molecule has 0 radical (unpaired) electrons. The summed E-state index contributed by atoms with van der Waals surface area (Å²) in [5, 5.41) is 10.3. The summed E-state index contributed by atoms with van der Waals surface area (Å²) in [6, 6.07) is 0. The molecule has 0 bridgehead atoms. The Morgan fingerprint density at radius 2 is 1.81 bits per heavy atom. The Bertz CT molecular complexity index is 756. The highest BCUT2D eigenvalue weighted by Crippen LogP contribution is 2.70. The smallest absolute Gasteiger partial charge is 0.171 e. The quantitative estimate of drug-likeness (QED) is 0.589. The van der Waals surface area contributed by atoms with Crippen LogP contribution in [0.2, 0.25) is 0 Å². The van der Waals surface area contributed by atoms with Gasteiger partial charge in [-0.2, -0.15) is 0 Å². The molecule has 0 aromatic carbocycles. The molecule has 6 aliphatic rings. The number of carbonyl (C=O) groups is 1. The SMILES string of the molecule is CC1CC[C@@]2(OC1)OC1CC3C4CC[C@H]5CC(O)CCC5(C)C4CC(=O)C3(C)C1C2C. The van der Waals surface area contributed by atoms with Crippen molar-refractivity contribution in [3.63, 3.8) is 0 Å². The number of ketones is 1. The summed E-state index contributed by atoms with van der Waals surface area (Å²) in [4.78, 5) is 14.0. The third-order valence-electron chi connectivity index (χ3n) is 11.8. The van der Waals surface area contributed by atoms with Crippen molar-refractivity contribution < 1.29 is 19.4 Å². The summed E-state index contributed by atoms with van der Waals surface area (Å²) in [6.45, 7) is 10.1. The molecule has 12 atom stereocenters. The molecular weight excluding hydrogens is 388 g/mol. The second-order valence-electron chi connectivity index (χ2n) is 13.0. The molecule has 2 saturated heterocycles. The van der Waals surface area contributed by atoms with Gasteiger partial charge in [0.05, 0.1) is 18.8 Å². The van der Waals surface area contributed by atoms with E-state index in [2.05, 4.69) is 27.7 Å². The lowest BCUT2D eigenvalue weighted by atomic mass is 9.44. The molecule has 2 heterocycles. The molecule has 0 aromatic rings. The van der Waals surface area contributed by atoms with Gasteiger partial charge in [0.15, 0.2) is 5.79 Å². The first-order chi connectivity index (χ1) is 14.7. The molecule has 174 valence electrons. The monoisotopic (exact) mass is 430 g/mol. The Morgan fingerprint density at radius 1 is 1.00 bits per heavy atom.